The molecule has 0 unspecified atom stereocenters. The van der Waals surface area contributed by atoms with Gasteiger partial charge in [0.15, 0.2) is 0 Å². The molecule has 0 radical (unpaired) electrons. The lowest BCUT2D eigenvalue weighted by Crippen LogP contribution is -2.30. The van der Waals surface area contributed by atoms with Gasteiger partial charge in [0, 0.05) is 19.2 Å². The number of carbonyl (C=O) groups is 2. The number of nitrogens with zero attached hydrogens (tertiary/aromatic N) is 2. The van der Waals surface area contributed by atoms with Crippen LogP contribution in [0.25, 0.3) is 0 Å². The molecule has 2 amide bonds. The summed E-state index contributed by atoms with van der Waals surface area (Å²) >= 11 is 0. The maximum Gasteiger partial charge on any atom is 0.230 e. The van der Waals surface area contributed by atoms with E-state index in [9.17, 15) is 9.59 Å². The van der Waals surface area contributed by atoms with Crippen LogP contribution in [-0.2, 0) is 9.59 Å². The average Bonchev–Trinajstić information content (AvgIpc) is 2.98. The van der Waals surface area contributed by atoms with E-state index in [2.05, 4.69) is 10.3 Å². The fraction of sp³-hybridized carbons (Fsp3) is 0.278. The fourth-order valence-corrected chi connectivity index (χ4v) is 2.86. The Labute approximate surface area is 135 Å². The van der Waals surface area contributed by atoms with E-state index in [0.29, 0.717) is 12.4 Å². The third-order valence-corrected chi connectivity index (χ3v) is 4.19. The molecule has 1 aliphatic rings. The van der Waals surface area contributed by atoms with Crippen LogP contribution in [0.1, 0.15) is 24.9 Å². The first-order chi connectivity index (χ1) is 11.1. The van der Waals surface area contributed by atoms with E-state index in [-0.39, 0.29) is 30.2 Å². The first-order valence-corrected chi connectivity index (χ1v) is 7.71. The van der Waals surface area contributed by atoms with Gasteiger partial charge in [-0.1, -0.05) is 36.4 Å². The number of aromatic nitrogens is 1. The van der Waals surface area contributed by atoms with Crippen molar-refractivity contribution in [3.63, 3.8) is 0 Å². The summed E-state index contributed by atoms with van der Waals surface area (Å²) in [7, 11) is 0. The minimum absolute atomic E-state index is 0.0162. The predicted octanol–water partition coefficient (Wildman–Crippen LogP) is 2.63. The molecule has 0 spiro atoms. The van der Waals surface area contributed by atoms with Crippen molar-refractivity contribution >= 4 is 17.6 Å². The van der Waals surface area contributed by atoms with Gasteiger partial charge in [0.05, 0.1) is 12.0 Å². The van der Waals surface area contributed by atoms with Crippen LogP contribution in [0, 0.1) is 5.92 Å². The van der Waals surface area contributed by atoms with Gasteiger partial charge in [0.2, 0.25) is 11.8 Å². The number of carbonyl (C=O) groups excluding carboxylic acids is 2. The Morgan fingerprint density at radius 1 is 1.22 bits per heavy atom. The Bertz CT molecular complexity index is 688. The Balaban J connectivity index is 1.66. The van der Waals surface area contributed by atoms with Crippen molar-refractivity contribution in [1.82, 2.24) is 9.88 Å². The molecule has 3 rings (SSSR count). The zero-order valence-corrected chi connectivity index (χ0v) is 13.0. The minimum Gasteiger partial charge on any atom is -0.335 e. The molecule has 1 fully saturated rings. The van der Waals surface area contributed by atoms with Crippen LogP contribution in [0.15, 0.2) is 54.7 Å². The van der Waals surface area contributed by atoms with Gasteiger partial charge in [0.25, 0.3) is 0 Å². The number of amides is 2. The summed E-state index contributed by atoms with van der Waals surface area (Å²) in [4.78, 5) is 30.5. The predicted molar refractivity (Wildman–Crippen MR) is 87.5 cm³/mol. The highest BCUT2D eigenvalue weighted by Gasteiger charge is 2.37. The highest BCUT2D eigenvalue weighted by Crippen LogP contribution is 2.28. The molecule has 0 bridgehead atoms. The normalized spacial score (nSPS) is 18.7. The van der Waals surface area contributed by atoms with E-state index in [1.165, 1.54) is 0 Å². The van der Waals surface area contributed by atoms with Crippen molar-refractivity contribution in [2.75, 3.05) is 11.9 Å². The molecule has 5 heteroatoms. The van der Waals surface area contributed by atoms with Crippen LogP contribution in [0.3, 0.4) is 0 Å². The summed E-state index contributed by atoms with van der Waals surface area (Å²) in [5.41, 5.74) is 1.08. The number of benzene rings is 1. The largest absolute Gasteiger partial charge is 0.335 e. The molecule has 23 heavy (non-hydrogen) atoms. The van der Waals surface area contributed by atoms with Crippen LogP contribution in [0.4, 0.5) is 5.82 Å². The lowest BCUT2D eigenvalue weighted by Gasteiger charge is -2.25. The van der Waals surface area contributed by atoms with Gasteiger partial charge in [-0.3, -0.25) is 9.59 Å². The van der Waals surface area contributed by atoms with E-state index in [1.54, 1.807) is 23.2 Å². The topological polar surface area (TPSA) is 62.3 Å². The molecule has 1 saturated heterocycles. The first-order valence-electron chi connectivity index (χ1n) is 7.71. The fourth-order valence-electron chi connectivity index (χ4n) is 2.86. The summed E-state index contributed by atoms with van der Waals surface area (Å²) in [5, 5.41) is 2.77. The van der Waals surface area contributed by atoms with Gasteiger partial charge in [-0.05, 0) is 24.6 Å². The maximum absolute atomic E-state index is 12.3. The van der Waals surface area contributed by atoms with Crippen LogP contribution in [0.2, 0.25) is 0 Å². The molecule has 1 aliphatic heterocycles. The first kappa shape index (κ1) is 15.2. The van der Waals surface area contributed by atoms with E-state index < -0.39 is 0 Å². The standard InChI is InChI=1S/C18H19N3O2/c1-13(14-7-3-2-4-8-14)21-12-15(11-17(21)22)18(23)20-16-9-5-6-10-19-16/h2-10,13,15H,11-12H2,1H3,(H,19,20,23)/t13-,15+/m0/s1. The number of rotatable bonds is 4. The van der Waals surface area contributed by atoms with Crippen molar-refractivity contribution in [3.8, 4) is 0 Å². The number of hydrogen-bond acceptors (Lipinski definition) is 3. The molecule has 118 valence electrons. The second-order valence-electron chi connectivity index (χ2n) is 5.74. The molecule has 0 saturated carbocycles. The summed E-state index contributed by atoms with van der Waals surface area (Å²) in [6.45, 7) is 2.43. The quantitative estimate of drug-likeness (QED) is 0.944. The number of likely N-dealkylation sites (tertiary alicyclic amines) is 1. The summed E-state index contributed by atoms with van der Waals surface area (Å²) in [5.74, 6) is 0.0394. The smallest absolute Gasteiger partial charge is 0.230 e. The molecular formula is C18H19N3O2. The molecule has 2 aromatic rings. The second-order valence-corrected chi connectivity index (χ2v) is 5.74. The SMILES string of the molecule is C[C@@H](c1ccccc1)N1C[C@H](C(=O)Nc2ccccn2)CC1=O. The van der Waals surface area contributed by atoms with Crippen LogP contribution < -0.4 is 5.32 Å². The van der Waals surface area contributed by atoms with Gasteiger partial charge in [-0.15, -0.1) is 0 Å². The Morgan fingerprint density at radius 3 is 2.65 bits per heavy atom. The van der Waals surface area contributed by atoms with Crippen molar-refractivity contribution in [3.05, 3.63) is 60.3 Å². The van der Waals surface area contributed by atoms with Crippen LogP contribution >= 0.6 is 0 Å². The van der Waals surface area contributed by atoms with Crippen molar-refractivity contribution < 1.29 is 9.59 Å². The lowest BCUT2D eigenvalue weighted by molar-refractivity contribution is -0.129. The van der Waals surface area contributed by atoms with E-state index in [1.807, 2.05) is 43.3 Å². The molecule has 0 aliphatic carbocycles. The summed E-state index contributed by atoms with van der Waals surface area (Å²) < 4.78 is 0. The molecule has 2 atom stereocenters. The molecule has 1 aromatic carbocycles. The van der Waals surface area contributed by atoms with E-state index in [0.717, 1.165) is 5.56 Å². The molecular weight excluding hydrogens is 290 g/mol. The zero-order valence-electron chi connectivity index (χ0n) is 13.0. The highest BCUT2D eigenvalue weighted by atomic mass is 16.2. The Kier molecular flexibility index (Phi) is 4.37. The number of anilines is 1. The van der Waals surface area contributed by atoms with E-state index in [4.69, 9.17) is 0 Å². The van der Waals surface area contributed by atoms with Gasteiger partial charge in [-0.25, -0.2) is 4.98 Å². The van der Waals surface area contributed by atoms with Crippen LogP contribution in [0.5, 0.6) is 0 Å². The Morgan fingerprint density at radius 2 is 1.96 bits per heavy atom. The van der Waals surface area contributed by atoms with E-state index >= 15 is 0 Å². The summed E-state index contributed by atoms with van der Waals surface area (Å²) in [6.07, 6.45) is 1.87. The van der Waals surface area contributed by atoms with Gasteiger partial charge >= 0.3 is 0 Å². The average molecular weight is 309 g/mol. The second kappa shape index (κ2) is 6.60. The van der Waals surface area contributed by atoms with Gasteiger partial charge < -0.3 is 10.2 Å². The molecule has 1 aromatic heterocycles. The number of nitrogens with one attached hydrogen (secondary N) is 1. The third-order valence-electron chi connectivity index (χ3n) is 4.19. The molecule has 5 nitrogen and oxygen atoms in total. The lowest BCUT2D eigenvalue weighted by atomic mass is 10.1. The third kappa shape index (κ3) is 3.39. The molecule has 2 heterocycles. The van der Waals surface area contributed by atoms with Gasteiger partial charge in [0.1, 0.15) is 5.82 Å². The minimum atomic E-state index is -0.337. The summed E-state index contributed by atoms with van der Waals surface area (Å²) in [6, 6.07) is 15.2. The van der Waals surface area contributed by atoms with Crippen LogP contribution in [-0.4, -0.2) is 28.2 Å². The van der Waals surface area contributed by atoms with Crippen molar-refractivity contribution in [1.29, 1.82) is 0 Å². The Hall–Kier alpha value is -2.69. The zero-order chi connectivity index (χ0) is 16.2. The molecule has 1 N–H and O–H groups in total. The van der Waals surface area contributed by atoms with Gasteiger partial charge in [-0.2, -0.15) is 0 Å². The number of hydrogen-bond donors (Lipinski definition) is 1. The highest BCUT2D eigenvalue weighted by molar-refractivity contribution is 5.96. The number of pyridine rings is 1. The van der Waals surface area contributed by atoms with Crippen molar-refractivity contribution in [2.45, 2.75) is 19.4 Å². The monoisotopic (exact) mass is 309 g/mol. The maximum atomic E-state index is 12.3. The van der Waals surface area contributed by atoms with Crippen molar-refractivity contribution in [2.24, 2.45) is 5.92 Å².